The largest absolute Gasteiger partial charge is 0.360 e. The Labute approximate surface area is 138 Å². The molecule has 1 heterocycles. The number of rotatable bonds is 6. The first-order chi connectivity index (χ1) is 11.0. The maximum atomic E-state index is 13.9. The van der Waals surface area contributed by atoms with Crippen molar-refractivity contribution < 1.29 is 13.7 Å². The highest BCUT2D eigenvalue weighted by Gasteiger charge is 2.31. The minimum absolute atomic E-state index is 0.154. The van der Waals surface area contributed by atoms with Crippen LogP contribution in [-0.2, 0) is 11.3 Å². The minimum atomic E-state index is -0.351. The number of hydrogen-bond acceptors (Lipinski definition) is 4. The van der Waals surface area contributed by atoms with Gasteiger partial charge >= 0.3 is 0 Å². The number of nitrogens with zero attached hydrogens (tertiary/aromatic N) is 2. The van der Waals surface area contributed by atoms with Crippen LogP contribution >= 0.6 is 11.6 Å². The lowest BCUT2D eigenvalue weighted by Gasteiger charge is -2.22. The van der Waals surface area contributed by atoms with E-state index >= 15 is 0 Å². The van der Waals surface area contributed by atoms with E-state index in [1.54, 1.807) is 25.1 Å². The Morgan fingerprint density at radius 1 is 1.52 bits per heavy atom. The first kappa shape index (κ1) is 16.0. The van der Waals surface area contributed by atoms with Gasteiger partial charge in [0.25, 0.3) is 0 Å². The lowest BCUT2D eigenvalue weighted by molar-refractivity contribution is -0.117. The van der Waals surface area contributed by atoms with Crippen molar-refractivity contribution >= 4 is 23.3 Å². The molecule has 5 nitrogen and oxygen atoms in total. The fourth-order valence-electron chi connectivity index (χ4n) is 2.43. The van der Waals surface area contributed by atoms with Crippen molar-refractivity contribution in [2.75, 3.05) is 11.9 Å². The second-order valence-electron chi connectivity index (χ2n) is 5.71. The second-order valence-corrected chi connectivity index (χ2v) is 6.11. The molecule has 0 unspecified atom stereocenters. The number of hydrogen-bond donors (Lipinski definition) is 1. The highest BCUT2D eigenvalue weighted by molar-refractivity contribution is 6.31. The molecule has 1 aromatic carbocycles. The average Bonchev–Trinajstić information content (AvgIpc) is 3.26. The van der Waals surface area contributed by atoms with Crippen LogP contribution < -0.4 is 5.32 Å². The summed E-state index contributed by atoms with van der Waals surface area (Å²) in [5, 5.41) is 6.79. The molecule has 1 aromatic heterocycles. The van der Waals surface area contributed by atoms with Crippen LogP contribution in [0.4, 0.5) is 10.2 Å². The van der Waals surface area contributed by atoms with Gasteiger partial charge in [0, 0.05) is 29.2 Å². The highest BCUT2D eigenvalue weighted by Crippen LogP contribution is 2.30. The third-order valence-corrected chi connectivity index (χ3v) is 4.08. The molecule has 0 saturated heterocycles. The molecule has 0 spiro atoms. The number of aromatic nitrogens is 1. The molecule has 1 N–H and O–H groups in total. The summed E-state index contributed by atoms with van der Waals surface area (Å²) in [6.07, 6.45) is 2.00. The van der Waals surface area contributed by atoms with Gasteiger partial charge in [0.15, 0.2) is 5.82 Å². The van der Waals surface area contributed by atoms with E-state index in [4.69, 9.17) is 16.1 Å². The number of carbonyl (C=O) groups is 1. The molecule has 0 aliphatic heterocycles. The molecule has 2 aromatic rings. The third-order valence-electron chi connectivity index (χ3n) is 3.73. The van der Waals surface area contributed by atoms with Gasteiger partial charge in [-0.3, -0.25) is 9.69 Å². The molecule has 122 valence electrons. The van der Waals surface area contributed by atoms with E-state index in [-0.39, 0.29) is 24.3 Å². The first-order valence-electron chi connectivity index (χ1n) is 7.43. The van der Waals surface area contributed by atoms with Crippen molar-refractivity contribution in [3.8, 4) is 0 Å². The standard InChI is InChI=1S/C16H17ClFN3O2/c1-10-7-15(20-23-10)19-16(22)9-21(11-5-6-11)8-12-13(17)3-2-4-14(12)18/h2-4,7,11H,5-6,8-9H2,1H3,(H,19,20,22). The predicted molar refractivity (Wildman–Crippen MR) is 84.7 cm³/mol. The molecule has 1 fully saturated rings. The number of halogens is 2. The van der Waals surface area contributed by atoms with Crippen LogP contribution in [-0.4, -0.2) is 28.6 Å². The van der Waals surface area contributed by atoms with Gasteiger partial charge in [-0.1, -0.05) is 22.8 Å². The van der Waals surface area contributed by atoms with Gasteiger partial charge in [0.2, 0.25) is 5.91 Å². The molecule has 1 saturated carbocycles. The molecule has 0 radical (unpaired) electrons. The summed E-state index contributed by atoms with van der Waals surface area (Å²) in [5.74, 6) is 0.443. The van der Waals surface area contributed by atoms with E-state index in [9.17, 15) is 9.18 Å². The van der Waals surface area contributed by atoms with Crippen LogP contribution in [0.1, 0.15) is 24.2 Å². The number of anilines is 1. The molecular weight excluding hydrogens is 321 g/mol. The predicted octanol–water partition coefficient (Wildman–Crippen LogP) is 3.38. The molecule has 1 aliphatic carbocycles. The summed E-state index contributed by atoms with van der Waals surface area (Å²) in [7, 11) is 0. The topological polar surface area (TPSA) is 58.4 Å². The van der Waals surface area contributed by atoms with Gasteiger partial charge in [0.05, 0.1) is 6.54 Å². The van der Waals surface area contributed by atoms with Gasteiger partial charge in [-0.05, 0) is 31.9 Å². The maximum Gasteiger partial charge on any atom is 0.239 e. The number of carbonyl (C=O) groups excluding carboxylic acids is 1. The smallest absolute Gasteiger partial charge is 0.239 e. The molecule has 1 amide bonds. The molecule has 0 atom stereocenters. The summed E-state index contributed by atoms with van der Waals surface area (Å²) < 4.78 is 18.9. The summed E-state index contributed by atoms with van der Waals surface area (Å²) in [4.78, 5) is 14.1. The quantitative estimate of drug-likeness (QED) is 0.878. The van der Waals surface area contributed by atoms with Gasteiger partial charge in [0.1, 0.15) is 11.6 Å². The molecule has 0 bridgehead atoms. The van der Waals surface area contributed by atoms with Gasteiger partial charge in [-0.15, -0.1) is 0 Å². The monoisotopic (exact) mass is 337 g/mol. The summed E-state index contributed by atoms with van der Waals surface area (Å²) in [5.41, 5.74) is 0.422. The molecule has 3 rings (SSSR count). The van der Waals surface area contributed by atoms with E-state index in [1.807, 2.05) is 4.90 Å². The van der Waals surface area contributed by atoms with Crippen LogP contribution in [0.3, 0.4) is 0 Å². The van der Waals surface area contributed by atoms with Crippen LogP contribution in [0.15, 0.2) is 28.8 Å². The number of amides is 1. The number of nitrogens with one attached hydrogen (secondary N) is 1. The summed E-state index contributed by atoms with van der Waals surface area (Å²) in [6, 6.07) is 6.54. The van der Waals surface area contributed by atoms with Crippen LogP contribution in [0, 0.1) is 12.7 Å². The highest BCUT2D eigenvalue weighted by atomic mass is 35.5. The van der Waals surface area contributed by atoms with Crippen LogP contribution in [0.5, 0.6) is 0 Å². The Balaban J connectivity index is 1.66. The Bertz CT molecular complexity index is 695. The van der Waals surface area contributed by atoms with E-state index in [2.05, 4.69) is 10.5 Å². The fourth-order valence-corrected chi connectivity index (χ4v) is 2.66. The lowest BCUT2D eigenvalue weighted by atomic mass is 10.2. The van der Waals surface area contributed by atoms with E-state index in [0.717, 1.165) is 12.8 Å². The van der Waals surface area contributed by atoms with Crippen LogP contribution in [0.25, 0.3) is 0 Å². The van der Waals surface area contributed by atoms with Crippen molar-refractivity contribution in [2.45, 2.75) is 32.4 Å². The Kier molecular flexibility index (Phi) is 4.63. The van der Waals surface area contributed by atoms with E-state index in [1.165, 1.54) is 6.07 Å². The summed E-state index contributed by atoms with van der Waals surface area (Å²) in [6.45, 7) is 2.21. The Morgan fingerprint density at radius 3 is 2.91 bits per heavy atom. The maximum absolute atomic E-state index is 13.9. The minimum Gasteiger partial charge on any atom is -0.360 e. The number of benzene rings is 1. The lowest BCUT2D eigenvalue weighted by Crippen LogP contribution is -2.35. The fraction of sp³-hybridized carbons (Fsp3) is 0.375. The number of aryl methyl sites for hydroxylation is 1. The molecule has 7 heteroatoms. The van der Waals surface area contributed by atoms with Crippen molar-refractivity contribution in [1.29, 1.82) is 0 Å². The normalized spacial score (nSPS) is 14.3. The zero-order chi connectivity index (χ0) is 16.4. The van der Waals surface area contributed by atoms with Gasteiger partial charge in [-0.25, -0.2) is 4.39 Å². The van der Waals surface area contributed by atoms with E-state index in [0.29, 0.717) is 28.7 Å². The van der Waals surface area contributed by atoms with Gasteiger partial charge < -0.3 is 9.84 Å². The third kappa shape index (κ3) is 4.09. The first-order valence-corrected chi connectivity index (χ1v) is 7.81. The summed E-state index contributed by atoms with van der Waals surface area (Å²) >= 11 is 6.08. The molecule has 23 heavy (non-hydrogen) atoms. The molecule has 1 aliphatic rings. The van der Waals surface area contributed by atoms with Crippen molar-refractivity contribution in [2.24, 2.45) is 0 Å². The van der Waals surface area contributed by atoms with Crippen molar-refractivity contribution in [3.63, 3.8) is 0 Å². The Morgan fingerprint density at radius 2 is 2.30 bits per heavy atom. The zero-order valence-electron chi connectivity index (χ0n) is 12.7. The van der Waals surface area contributed by atoms with Crippen molar-refractivity contribution in [1.82, 2.24) is 10.1 Å². The van der Waals surface area contributed by atoms with Crippen LogP contribution in [0.2, 0.25) is 5.02 Å². The van der Waals surface area contributed by atoms with E-state index < -0.39 is 0 Å². The Hall–Kier alpha value is -1.92. The van der Waals surface area contributed by atoms with Crippen molar-refractivity contribution in [3.05, 3.63) is 46.4 Å². The second kappa shape index (κ2) is 6.68. The SMILES string of the molecule is Cc1cc(NC(=O)CN(Cc2c(F)cccc2Cl)C2CC2)no1. The zero-order valence-corrected chi connectivity index (χ0v) is 13.4. The average molecular weight is 338 g/mol. The molecular formula is C16H17ClFN3O2. The van der Waals surface area contributed by atoms with Gasteiger partial charge in [-0.2, -0.15) is 0 Å².